The topological polar surface area (TPSA) is 60.7 Å². The fourth-order valence-corrected chi connectivity index (χ4v) is 8.63. The number of fused-ring (bicyclic) bond motifs is 5. The molecule has 3 heteroatoms. The van der Waals surface area contributed by atoms with Gasteiger partial charge in [0, 0.05) is 0 Å². The van der Waals surface area contributed by atoms with Crippen LogP contribution in [0.2, 0.25) is 0 Å². The van der Waals surface area contributed by atoms with Gasteiger partial charge >= 0.3 is 0 Å². The molecule has 4 rings (SSSR count). The quantitative estimate of drug-likeness (QED) is 0.529. The zero-order valence-corrected chi connectivity index (χ0v) is 20.0. The van der Waals surface area contributed by atoms with E-state index in [1.807, 2.05) is 0 Å². The SMILES string of the molecule is CC(C)C(O)CC[C@@H](C)[C@H]1CC[C@H]2[C@@H]3CC=C4CC(O)[C@H](O)C[C@]4(C)[C@H]3CC[C@]12C. The monoisotopic (exact) mass is 418 g/mol. The van der Waals surface area contributed by atoms with Crippen LogP contribution in [0.15, 0.2) is 11.6 Å². The molecule has 3 fully saturated rings. The Hall–Kier alpha value is -0.380. The molecule has 3 N–H and O–H groups in total. The Balaban J connectivity index is 1.50. The second-order valence-electron chi connectivity index (χ2n) is 12.4. The third-order valence-electron chi connectivity index (χ3n) is 10.6. The minimum absolute atomic E-state index is 0.0774. The van der Waals surface area contributed by atoms with Crippen molar-refractivity contribution in [3.8, 4) is 0 Å². The van der Waals surface area contributed by atoms with Gasteiger partial charge in [-0.25, -0.2) is 0 Å². The zero-order valence-electron chi connectivity index (χ0n) is 20.0. The first-order valence-corrected chi connectivity index (χ1v) is 12.8. The third-order valence-corrected chi connectivity index (χ3v) is 10.6. The molecular formula is C27H46O3. The summed E-state index contributed by atoms with van der Waals surface area (Å²) in [6.07, 6.45) is 11.1. The first-order valence-electron chi connectivity index (χ1n) is 12.8. The molecule has 30 heavy (non-hydrogen) atoms. The zero-order chi connectivity index (χ0) is 21.8. The van der Waals surface area contributed by atoms with E-state index in [0.29, 0.717) is 29.6 Å². The van der Waals surface area contributed by atoms with Gasteiger partial charge in [-0.2, -0.15) is 0 Å². The Morgan fingerprint density at radius 3 is 2.43 bits per heavy atom. The highest BCUT2D eigenvalue weighted by molar-refractivity contribution is 5.26. The first-order chi connectivity index (χ1) is 14.1. The maximum atomic E-state index is 10.5. The lowest BCUT2D eigenvalue weighted by molar-refractivity contribution is -0.0891. The van der Waals surface area contributed by atoms with Crippen molar-refractivity contribution in [3.05, 3.63) is 11.6 Å². The number of rotatable bonds is 5. The lowest BCUT2D eigenvalue weighted by atomic mass is 9.46. The molecule has 10 atom stereocenters. The summed E-state index contributed by atoms with van der Waals surface area (Å²) in [7, 11) is 0. The van der Waals surface area contributed by atoms with Crippen molar-refractivity contribution in [1.82, 2.24) is 0 Å². The standard InChI is InChI=1S/C27H46O3/c1-16(2)23(28)11-6-17(3)20-9-10-21-19-8-7-18-14-24(29)25(30)15-27(18,5)22(19)12-13-26(20,21)4/h7,16-17,19-25,28-30H,6,8-15H2,1-5H3/t17-,19+,20-,21+,22+,23?,24?,25-,26-,27+/m1/s1. The fraction of sp³-hybridized carbons (Fsp3) is 0.926. The van der Waals surface area contributed by atoms with Gasteiger partial charge in [-0.05, 0) is 104 Å². The second kappa shape index (κ2) is 8.19. The average molecular weight is 419 g/mol. The van der Waals surface area contributed by atoms with Crippen LogP contribution >= 0.6 is 0 Å². The molecule has 4 aliphatic rings. The van der Waals surface area contributed by atoms with E-state index in [9.17, 15) is 15.3 Å². The predicted octanol–water partition coefficient (Wildman–Crippen LogP) is 5.33. The molecule has 0 amide bonds. The van der Waals surface area contributed by atoms with Gasteiger partial charge in [0.1, 0.15) is 0 Å². The Morgan fingerprint density at radius 2 is 1.73 bits per heavy atom. The third kappa shape index (κ3) is 3.61. The lowest BCUT2D eigenvalue weighted by Crippen LogP contribution is -2.53. The molecule has 0 spiro atoms. The Kier molecular flexibility index (Phi) is 6.23. The number of allylic oxidation sites excluding steroid dienone is 1. The van der Waals surface area contributed by atoms with Gasteiger partial charge < -0.3 is 15.3 Å². The van der Waals surface area contributed by atoms with Crippen LogP contribution in [0, 0.1) is 46.3 Å². The number of hydrogen-bond acceptors (Lipinski definition) is 3. The van der Waals surface area contributed by atoms with E-state index in [0.717, 1.165) is 37.0 Å². The van der Waals surface area contributed by atoms with Crippen LogP contribution in [0.5, 0.6) is 0 Å². The molecule has 0 aromatic carbocycles. The molecule has 2 unspecified atom stereocenters. The molecule has 0 heterocycles. The van der Waals surface area contributed by atoms with E-state index < -0.39 is 12.2 Å². The summed E-state index contributed by atoms with van der Waals surface area (Å²) < 4.78 is 0. The summed E-state index contributed by atoms with van der Waals surface area (Å²) in [4.78, 5) is 0. The molecule has 0 saturated heterocycles. The molecule has 0 aromatic rings. The highest BCUT2D eigenvalue weighted by Gasteiger charge is 2.59. The van der Waals surface area contributed by atoms with Crippen LogP contribution in [0.3, 0.4) is 0 Å². The van der Waals surface area contributed by atoms with Crippen LogP contribution in [-0.4, -0.2) is 33.6 Å². The smallest absolute Gasteiger partial charge is 0.0836 e. The van der Waals surface area contributed by atoms with Gasteiger partial charge in [-0.3, -0.25) is 0 Å². The van der Waals surface area contributed by atoms with Gasteiger partial charge in [-0.1, -0.05) is 46.3 Å². The Bertz CT molecular complexity index is 656. The molecule has 172 valence electrons. The summed E-state index contributed by atoms with van der Waals surface area (Å²) in [6, 6.07) is 0. The van der Waals surface area contributed by atoms with Crippen molar-refractivity contribution in [1.29, 1.82) is 0 Å². The molecule has 0 aromatic heterocycles. The van der Waals surface area contributed by atoms with Gasteiger partial charge in [0.2, 0.25) is 0 Å². The number of aliphatic hydroxyl groups is 3. The summed E-state index contributed by atoms with van der Waals surface area (Å²) in [5.74, 6) is 4.00. The van der Waals surface area contributed by atoms with E-state index in [1.54, 1.807) is 0 Å². The summed E-state index contributed by atoms with van der Waals surface area (Å²) in [5.41, 5.74) is 1.93. The number of hydrogen-bond donors (Lipinski definition) is 3. The maximum absolute atomic E-state index is 10.5. The first kappa shape index (κ1) is 22.8. The van der Waals surface area contributed by atoms with Crippen LogP contribution in [0.4, 0.5) is 0 Å². The van der Waals surface area contributed by atoms with Gasteiger partial charge in [-0.15, -0.1) is 0 Å². The Morgan fingerprint density at radius 1 is 1.00 bits per heavy atom. The van der Waals surface area contributed by atoms with Crippen molar-refractivity contribution in [2.75, 3.05) is 0 Å². The van der Waals surface area contributed by atoms with Crippen LogP contribution in [0.1, 0.15) is 92.4 Å². The van der Waals surface area contributed by atoms with Crippen molar-refractivity contribution < 1.29 is 15.3 Å². The lowest BCUT2D eigenvalue weighted by Gasteiger charge is -2.59. The normalized spacial score (nSPS) is 47.8. The van der Waals surface area contributed by atoms with E-state index in [-0.39, 0.29) is 11.5 Å². The van der Waals surface area contributed by atoms with E-state index in [1.165, 1.54) is 37.7 Å². The fourth-order valence-electron chi connectivity index (χ4n) is 8.63. The summed E-state index contributed by atoms with van der Waals surface area (Å²) in [5, 5.41) is 31.0. The largest absolute Gasteiger partial charge is 0.393 e. The van der Waals surface area contributed by atoms with Crippen LogP contribution in [0.25, 0.3) is 0 Å². The van der Waals surface area contributed by atoms with E-state index in [4.69, 9.17) is 0 Å². The van der Waals surface area contributed by atoms with Crippen molar-refractivity contribution in [2.45, 2.75) is 111 Å². The molecule has 3 nitrogen and oxygen atoms in total. The maximum Gasteiger partial charge on any atom is 0.0836 e. The van der Waals surface area contributed by atoms with E-state index in [2.05, 4.69) is 40.7 Å². The second-order valence-corrected chi connectivity index (χ2v) is 12.4. The molecule has 3 saturated carbocycles. The van der Waals surface area contributed by atoms with Crippen molar-refractivity contribution in [3.63, 3.8) is 0 Å². The molecule has 0 radical (unpaired) electrons. The minimum atomic E-state index is -0.576. The summed E-state index contributed by atoms with van der Waals surface area (Å²) >= 11 is 0. The number of aliphatic hydroxyl groups excluding tert-OH is 3. The van der Waals surface area contributed by atoms with Crippen LogP contribution in [-0.2, 0) is 0 Å². The summed E-state index contributed by atoms with van der Waals surface area (Å²) in [6.45, 7) is 11.7. The van der Waals surface area contributed by atoms with Gasteiger partial charge in [0.15, 0.2) is 0 Å². The highest BCUT2D eigenvalue weighted by atomic mass is 16.3. The Labute approximate surface area is 184 Å². The molecule has 4 aliphatic carbocycles. The molecule has 0 aliphatic heterocycles. The minimum Gasteiger partial charge on any atom is -0.393 e. The highest BCUT2D eigenvalue weighted by Crippen LogP contribution is 2.67. The molecular weight excluding hydrogens is 372 g/mol. The van der Waals surface area contributed by atoms with E-state index >= 15 is 0 Å². The average Bonchev–Trinajstić information content (AvgIpc) is 3.04. The van der Waals surface area contributed by atoms with Crippen molar-refractivity contribution in [2.24, 2.45) is 46.3 Å². The van der Waals surface area contributed by atoms with Crippen LogP contribution < -0.4 is 0 Å². The predicted molar refractivity (Wildman–Crippen MR) is 122 cm³/mol. The molecule has 0 bridgehead atoms. The van der Waals surface area contributed by atoms with Gasteiger partial charge in [0.05, 0.1) is 18.3 Å². The van der Waals surface area contributed by atoms with Crippen molar-refractivity contribution >= 4 is 0 Å². The van der Waals surface area contributed by atoms with Gasteiger partial charge in [0.25, 0.3) is 0 Å².